The summed E-state index contributed by atoms with van der Waals surface area (Å²) < 4.78 is 5.37. The number of nitrogens with one attached hydrogen (secondary N) is 1. The highest BCUT2D eigenvalue weighted by atomic mass is 32.2. The first-order valence-electron chi connectivity index (χ1n) is 6.10. The Morgan fingerprint density at radius 3 is 2.88 bits per heavy atom. The zero-order valence-corrected chi connectivity index (χ0v) is 11.5. The van der Waals surface area contributed by atoms with Crippen LogP contribution in [0.15, 0.2) is 0 Å². The average molecular weight is 247 g/mol. The summed E-state index contributed by atoms with van der Waals surface area (Å²) in [4.78, 5) is 0. The minimum atomic E-state index is -0.546. The molecule has 0 spiro atoms. The molecule has 1 heterocycles. The Bertz CT molecular complexity index is 188. The van der Waals surface area contributed by atoms with Crippen molar-refractivity contribution in [3.63, 3.8) is 0 Å². The molecule has 0 aromatic carbocycles. The predicted octanol–water partition coefficient (Wildman–Crippen LogP) is 1.51. The molecule has 0 aromatic heterocycles. The molecule has 1 aliphatic rings. The highest BCUT2D eigenvalue weighted by Gasteiger charge is 2.21. The van der Waals surface area contributed by atoms with Crippen molar-refractivity contribution in [1.29, 1.82) is 0 Å². The van der Waals surface area contributed by atoms with Gasteiger partial charge in [-0.2, -0.15) is 11.8 Å². The van der Waals surface area contributed by atoms with Gasteiger partial charge in [-0.1, -0.05) is 0 Å². The fraction of sp³-hybridized carbons (Fsp3) is 1.00. The van der Waals surface area contributed by atoms with E-state index in [9.17, 15) is 5.11 Å². The van der Waals surface area contributed by atoms with Gasteiger partial charge in [-0.3, -0.25) is 0 Å². The number of rotatable bonds is 7. The van der Waals surface area contributed by atoms with Gasteiger partial charge in [-0.15, -0.1) is 0 Å². The van der Waals surface area contributed by atoms with Gasteiger partial charge in [0.25, 0.3) is 0 Å². The molecule has 0 radical (unpaired) electrons. The van der Waals surface area contributed by atoms with E-state index < -0.39 is 5.60 Å². The van der Waals surface area contributed by atoms with Gasteiger partial charge < -0.3 is 15.2 Å². The quantitative estimate of drug-likeness (QED) is 0.669. The monoisotopic (exact) mass is 247 g/mol. The minimum Gasteiger partial charge on any atom is -0.390 e. The van der Waals surface area contributed by atoms with Crippen LogP contribution in [0.5, 0.6) is 0 Å². The number of aliphatic hydroxyl groups is 1. The SMILES string of the molecule is CC(NCCSCC(C)(C)O)C1CCOC1. The maximum atomic E-state index is 9.54. The van der Waals surface area contributed by atoms with E-state index in [1.165, 1.54) is 6.42 Å². The third kappa shape index (κ3) is 6.09. The molecule has 0 aromatic rings. The summed E-state index contributed by atoms with van der Waals surface area (Å²) in [6, 6.07) is 0.547. The predicted molar refractivity (Wildman–Crippen MR) is 70.0 cm³/mol. The van der Waals surface area contributed by atoms with Crippen LogP contribution < -0.4 is 5.32 Å². The maximum absolute atomic E-state index is 9.54. The van der Waals surface area contributed by atoms with Crippen LogP contribution >= 0.6 is 11.8 Å². The Morgan fingerprint density at radius 2 is 2.31 bits per heavy atom. The minimum absolute atomic E-state index is 0.546. The van der Waals surface area contributed by atoms with Gasteiger partial charge in [-0.05, 0) is 33.1 Å². The van der Waals surface area contributed by atoms with Crippen molar-refractivity contribution in [2.75, 3.05) is 31.3 Å². The Labute approximate surface area is 103 Å². The largest absolute Gasteiger partial charge is 0.390 e. The smallest absolute Gasteiger partial charge is 0.0681 e. The Kier molecular flexibility index (Phi) is 6.11. The highest BCUT2D eigenvalue weighted by Crippen LogP contribution is 2.16. The molecule has 2 N–H and O–H groups in total. The first-order chi connectivity index (χ1) is 7.49. The topological polar surface area (TPSA) is 41.5 Å². The summed E-state index contributed by atoms with van der Waals surface area (Å²) >= 11 is 1.80. The first-order valence-corrected chi connectivity index (χ1v) is 7.26. The average Bonchev–Trinajstić information content (AvgIpc) is 2.67. The summed E-state index contributed by atoms with van der Waals surface area (Å²) in [6.07, 6.45) is 1.19. The molecule has 0 amide bonds. The van der Waals surface area contributed by atoms with E-state index in [1.807, 2.05) is 13.8 Å². The molecule has 1 aliphatic heterocycles. The van der Waals surface area contributed by atoms with Crippen molar-refractivity contribution in [2.45, 2.75) is 38.8 Å². The van der Waals surface area contributed by atoms with E-state index in [4.69, 9.17) is 4.74 Å². The van der Waals surface area contributed by atoms with Crippen LogP contribution in [0.4, 0.5) is 0 Å². The molecule has 16 heavy (non-hydrogen) atoms. The summed E-state index contributed by atoms with van der Waals surface area (Å²) in [5.74, 6) is 2.54. The molecule has 1 rings (SSSR count). The van der Waals surface area contributed by atoms with Crippen molar-refractivity contribution < 1.29 is 9.84 Å². The van der Waals surface area contributed by atoms with Gasteiger partial charge in [0.05, 0.1) is 12.2 Å². The van der Waals surface area contributed by atoms with Gasteiger partial charge in [0.2, 0.25) is 0 Å². The Balaban J connectivity index is 1.98. The number of thioether (sulfide) groups is 1. The molecular weight excluding hydrogens is 222 g/mol. The van der Waals surface area contributed by atoms with E-state index in [-0.39, 0.29) is 0 Å². The fourth-order valence-electron chi connectivity index (χ4n) is 1.79. The van der Waals surface area contributed by atoms with Gasteiger partial charge in [-0.25, -0.2) is 0 Å². The second-order valence-corrected chi connectivity index (χ2v) is 6.34. The number of hydrogen-bond acceptors (Lipinski definition) is 4. The summed E-state index contributed by atoms with van der Waals surface area (Å²) in [6.45, 7) is 8.78. The van der Waals surface area contributed by atoms with Crippen LogP contribution in [0.25, 0.3) is 0 Å². The normalized spacial score (nSPS) is 23.6. The molecule has 3 nitrogen and oxygen atoms in total. The van der Waals surface area contributed by atoms with E-state index in [0.717, 1.165) is 31.3 Å². The zero-order valence-electron chi connectivity index (χ0n) is 10.7. The van der Waals surface area contributed by atoms with Crippen LogP contribution in [-0.2, 0) is 4.74 Å². The van der Waals surface area contributed by atoms with Gasteiger partial charge in [0.1, 0.15) is 0 Å². The summed E-state index contributed by atoms with van der Waals surface area (Å²) in [7, 11) is 0. The lowest BCUT2D eigenvalue weighted by Crippen LogP contribution is -2.35. The second-order valence-electron chi connectivity index (χ2n) is 5.23. The lowest BCUT2D eigenvalue weighted by Gasteiger charge is -2.20. The molecule has 2 atom stereocenters. The second kappa shape index (κ2) is 6.84. The number of hydrogen-bond donors (Lipinski definition) is 2. The molecule has 1 saturated heterocycles. The molecule has 0 aliphatic carbocycles. The highest BCUT2D eigenvalue weighted by molar-refractivity contribution is 7.99. The van der Waals surface area contributed by atoms with E-state index in [2.05, 4.69) is 12.2 Å². The molecule has 1 fully saturated rings. The third-order valence-electron chi connectivity index (χ3n) is 2.84. The molecule has 4 heteroatoms. The van der Waals surface area contributed by atoms with Crippen molar-refractivity contribution in [1.82, 2.24) is 5.32 Å². The van der Waals surface area contributed by atoms with E-state index in [0.29, 0.717) is 12.0 Å². The lowest BCUT2D eigenvalue weighted by molar-refractivity contribution is 0.107. The van der Waals surface area contributed by atoms with Gasteiger partial charge >= 0.3 is 0 Å². The van der Waals surface area contributed by atoms with Crippen molar-refractivity contribution in [2.24, 2.45) is 5.92 Å². The maximum Gasteiger partial charge on any atom is 0.0681 e. The van der Waals surface area contributed by atoms with E-state index in [1.54, 1.807) is 11.8 Å². The molecule has 96 valence electrons. The van der Waals surface area contributed by atoms with Gasteiger partial charge in [0.15, 0.2) is 0 Å². The standard InChI is InChI=1S/C12H25NO2S/c1-10(11-4-6-15-8-11)13-5-7-16-9-12(2,3)14/h10-11,13-14H,4-9H2,1-3H3. The summed E-state index contributed by atoms with van der Waals surface area (Å²) in [5.41, 5.74) is -0.546. The Hall–Kier alpha value is 0.230. The van der Waals surface area contributed by atoms with E-state index >= 15 is 0 Å². The van der Waals surface area contributed by atoms with Crippen LogP contribution in [-0.4, -0.2) is 48.0 Å². The molecule has 0 saturated carbocycles. The van der Waals surface area contributed by atoms with Crippen molar-refractivity contribution >= 4 is 11.8 Å². The number of ether oxygens (including phenoxy) is 1. The molecular formula is C12H25NO2S. The lowest BCUT2D eigenvalue weighted by atomic mass is 10.0. The first kappa shape index (κ1) is 14.3. The third-order valence-corrected chi connectivity index (χ3v) is 4.24. The Morgan fingerprint density at radius 1 is 1.56 bits per heavy atom. The van der Waals surface area contributed by atoms with Crippen LogP contribution in [0, 0.1) is 5.92 Å². The van der Waals surface area contributed by atoms with Crippen LogP contribution in [0.3, 0.4) is 0 Å². The van der Waals surface area contributed by atoms with Crippen LogP contribution in [0.1, 0.15) is 27.2 Å². The summed E-state index contributed by atoms with van der Waals surface area (Å²) in [5, 5.41) is 13.1. The van der Waals surface area contributed by atoms with Crippen molar-refractivity contribution in [3.05, 3.63) is 0 Å². The zero-order chi connectivity index (χ0) is 12.0. The van der Waals surface area contributed by atoms with Crippen LogP contribution in [0.2, 0.25) is 0 Å². The van der Waals surface area contributed by atoms with Gasteiger partial charge in [0, 0.05) is 30.7 Å². The fourth-order valence-corrected chi connectivity index (χ4v) is 2.70. The van der Waals surface area contributed by atoms with Crippen molar-refractivity contribution in [3.8, 4) is 0 Å². The molecule has 0 bridgehead atoms. The molecule has 2 unspecified atom stereocenters.